The van der Waals surface area contributed by atoms with Crippen molar-refractivity contribution in [2.24, 2.45) is 5.41 Å². The molecular weight excluding hydrogens is 444 g/mol. The molecule has 2 unspecified atom stereocenters. The number of rotatable bonds is 11. The van der Waals surface area contributed by atoms with Crippen molar-refractivity contribution >= 4 is 12.5 Å². The Kier molecular flexibility index (Phi) is 15.1. The van der Waals surface area contributed by atoms with Gasteiger partial charge in [0.05, 0.1) is 6.04 Å². The Morgan fingerprint density at radius 2 is 1.78 bits per heavy atom. The maximum absolute atomic E-state index is 12.3. The number of amides is 1. The van der Waals surface area contributed by atoms with E-state index in [0.29, 0.717) is 12.6 Å². The molecule has 0 heterocycles. The lowest BCUT2D eigenvalue weighted by atomic mass is 9.64. The van der Waals surface area contributed by atoms with Crippen LogP contribution in [0.15, 0.2) is 48.6 Å². The molecule has 0 spiro atoms. The number of carbonyl (C=O) groups is 1. The Balaban J connectivity index is 0.000000982. The zero-order chi connectivity index (χ0) is 27.0. The van der Waals surface area contributed by atoms with Crippen LogP contribution in [-0.4, -0.2) is 35.5 Å². The topological polar surface area (TPSA) is 52.6 Å². The number of nitrogens with one attached hydrogen (secondary N) is 1. The average molecular weight is 497 g/mol. The monoisotopic (exact) mass is 496 g/mol. The Morgan fingerprint density at radius 3 is 2.31 bits per heavy atom. The third-order valence-corrected chi connectivity index (χ3v) is 7.33. The van der Waals surface area contributed by atoms with Crippen molar-refractivity contribution in [2.45, 2.75) is 105 Å². The molecule has 4 heteroatoms. The van der Waals surface area contributed by atoms with Gasteiger partial charge in [-0.15, -0.1) is 0 Å². The fourth-order valence-corrected chi connectivity index (χ4v) is 5.26. The van der Waals surface area contributed by atoms with Crippen molar-refractivity contribution in [1.82, 2.24) is 10.2 Å². The van der Waals surface area contributed by atoms with Crippen LogP contribution in [0.25, 0.3) is 6.08 Å². The van der Waals surface area contributed by atoms with Gasteiger partial charge in [-0.1, -0.05) is 104 Å². The number of phenols is 1. The van der Waals surface area contributed by atoms with Gasteiger partial charge in [-0.3, -0.25) is 4.79 Å². The Bertz CT molecular complexity index is 837. The van der Waals surface area contributed by atoms with Crippen LogP contribution in [0, 0.1) is 5.41 Å². The second kappa shape index (κ2) is 17.2. The molecule has 1 amide bonds. The molecule has 1 aromatic carbocycles. The summed E-state index contributed by atoms with van der Waals surface area (Å²) in [6.45, 7) is 18.0. The molecule has 2 atom stereocenters. The predicted molar refractivity (Wildman–Crippen MR) is 156 cm³/mol. The first-order valence-electron chi connectivity index (χ1n) is 14.3. The lowest BCUT2D eigenvalue weighted by Crippen LogP contribution is -2.50. The van der Waals surface area contributed by atoms with E-state index < -0.39 is 0 Å². The van der Waals surface area contributed by atoms with Gasteiger partial charge >= 0.3 is 0 Å². The number of phenolic OH excluding ortho intramolecular Hbond substituents is 1. The van der Waals surface area contributed by atoms with Gasteiger partial charge in [-0.25, -0.2) is 0 Å². The molecule has 1 aromatic rings. The van der Waals surface area contributed by atoms with E-state index in [9.17, 15) is 9.90 Å². The lowest BCUT2D eigenvalue weighted by molar-refractivity contribution is -0.123. The van der Waals surface area contributed by atoms with E-state index in [4.69, 9.17) is 0 Å². The zero-order valence-corrected chi connectivity index (χ0v) is 23.9. The number of aromatic hydroxyl groups is 1. The summed E-state index contributed by atoms with van der Waals surface area (Å²) in [4.78, 5) is 14.2. The van der Waals surface area contributed by atoms with Gasteiger partial charge in [-0.05, 0) is 54.5 Å². The van der Waals surface area contributed by atoms with Crippen LogP contribution in [-0.2, 0) is 4.79 Å². The number of hydrogen-bond acceptors (Lipinski definition) is 3. The first kappa shape index (κ1) is 31.7. The van der Waals surface area contributed by atoms with E-state index in [2.05, 4.69) is 51.7 Å². The van der Waals surface area contributed by atoms with Crippen LogP contribution in [0.5, 0.6) is 5.75 Å². The van der Waals surface area contributed by atoms with Gasteiger partial charge in [0.2, 0.25) is 6.41 Å². The average Bonchev–Trinajstić information content (AvgIpc) is 3.44. The molecule has 3 rings (SSSR count). The van der Waals surface area contributed by atoms with E-state index in [1.165, 1.54) is 44.1 Å². The number of benzene rings is 1. The highest BCUT2D eigenvalue weighted by Crippen LogP contribution is 2.52. The smallest absolute Gasteiger partial charge is 0.210 e. The first-order valence-corrected chi connectivity index (χ1v) is 14.3. The minimum atomic E-state index is -0.279. The highest BCUT2D eigenvalue weighted by atomic mass is 16.3. The summed E-state index contributed by atoms with van der Waals surface area (Å²) in [5.74, 6) is 0.244. The van der Waals surface area contributed by atoms with E-state index in [1.807, 2.05) is 37.0 Å². The summed E-state index contributed by atoms with van der Waals surface area (Å²) in [5.41, 5.74) is 3.02. The molecule has 1 saturated carbocycles. The summed E-state index contributed by atoms with van der Waals surface area (Å²) >= 11 is 0. The van der Waals surface area contributed by atoms with Crippen LogP contribution in [0.3, 0.4) is 0 Å². The molecule has 0 aromatic heterocycles. The molecule has 202 valence electrons. The molecule has 0 bridgehead atoms. The number of hydrogen-bond donors (Lipinski definition) is 2. The molecule has 0 aliphatic heterocycles. The summed E-state index contributed by atoms with van der Waals surface area (Å²) in [6.07, 6.45) is 18.6. The second-order valence-electron chi connectivity index (χ2n) is 9.63. The molecule has 4 nitrogen and oxygen atoms in total. The molecule has 36 heavy (non-hydrogen) atoms. The maximum Gasteiger partial charge on any atom is 0.210 e. The van der Waals surface area contributed by atoms with Gasteiger partial charge in [0.1, 0.15) is 5.75 Å². The van der Waals surface area contributed by atoms with Gasteiger partial charge in [0.15, 0.2) is 0 Å². The summed E-state index contributed by atoms with van der Waals surface area (Å²) < 4.78 is 0. The molecule has 2 aliphatic rings. The van der Waals surface area contributed by atoms with Gasteiger partial charge in [0.25, 0.3) is 0 Å². The van der Waals surface area contributed by atoms with Crippen LogP contribution < -0.4 is 5.32 Å². The quantitative estimate of drug-likeness (QED) is 0.240. The summed E-state index contributed by atoms with van der Waals surface area (Å²) in [5, 5.41) is 14.1. The normalized spacial score (nSPS) is 20.9. The molecule has 1 fully saturated rings. The Labute approximate surface area is 221 Å². The van der Waals surface area contributed by atoms with E-state index in [0.717, 1.165) is 36.9 Å². The van der Waals surface area contributed by atoms with Gasteiger partial charge < -0.3 is 15.3 Å². The molecular formula is C32H52N2O2. The third-order valence-electron chi connectivity index (χ3n) is 7.33. The minimum absolute atomic E-state index is 0.134. The van der Waals surface area contributed by atoms with Crippen molar-refractivity contribution in [1.29, 1.82) is 0 Å². The van der Waals surface area contributed by atoms with Gasteiger partial charge in [0, 0.05) is 24.5 Å². The van der Waals surface area contributed by atoms with Crippen LogP contribution in [0.2, 0.25) is 0 Å². The Hall–Kier alpha value is -2.33. The summed E-state index contributed by atoms with van der Waals surface area (Å²) in [6, 6.07) is 5.93. The SMILES string of the molecule is C=C/C=C\C1=Cc2ccc(O)cc2C(N(C=O)CCC)C1(CC)CNC1CCCC1.CC.CCCC. The van der Waals surface area contributed by atoms with Crippen molar-refractivity contribution in [3.8, 4) is 5.75 Å². The summed E-state index contributed by atoms with van der Waals surface area (Å²) in [7, 11) is 0. The number of allylic oxidation sites excluding steroid dienone is 3. The fraction of sp³-hybridized carbons (Fsp3) is 0.594. The van der Waals surface area contributed by atoms with Crippen LogP contribution in [0.4, 0.5) is 0 Å². The first-order chi connectivity index (χ1) is 17.5. The van der Waals surface area contributed by atoms with Crippen molar-refractivity contribution in [2.75, 3.05) is 13.1 Å². The highest BCUT2D eigenvalue weighted by molar-refractivity contribution is 5.68. The molecule has 0 radical (unpaired) electrons. The predicted octanol–water partition coefficient (Wildman–Crippen LogP) is 8.20. The standard InChI is InChI=1S/C26H36N2O2.C4H10.C2H6/c1-4-7-10-21-16-20-13-14-23(30)17-24(20)25(28(19-29)15-5-2)26(21,6-3)18-27-22-11-8-9-12-22;1-3-4-2;1-2/h4,7,10,13-14,16-17,19,22,25,27,30H,1,5-6,8-9,11-12,15,18H2,2-3H3;3-4H2,1-2H3;1-2H3/b10-7-;;. The van der Waals surface area contributed by atoms with E-state index in [1.54, 1.807) is 12.1 Å². The van der Waals surface area contributed by atoms with E-state index in [-0.39, 0.29) is 17.2 Å². The maximum atomic E-state index is 12.3. The molecule has 2 N–H and O–H groups in total. The van der Waals surface area contributed by atoms with Gasteiger partial charge in [-0.2, -0.15) is 0 Å². The lowest BCUT2D eigenvalue weighted by Gasteiger charge is -2.49. The second-order valence-corrected chi connectivity index (χ2v) is 9.63. The zero-order valence-electron chi connectivity index (χ0n) is 23.9. The number of nitrogens with zero attached hydrogens (tertiary/aromatic N) is 1. The number of carbonyl (C=O) groups excluding carboxylic acids is 1. The largest absolute Gasteiger partial charge is 0.508 e. The van der Waals surface area contributed by atoms with Crippen molar-refractivity contribution in [3.63, 3.8) is 0 Å². The van der Waals surface area contributed by atoms with Crippen molar-refractivity contribution < 1.29 is 9.90 Å². The number of unbranched alkanes of at least 4 members (excludes halogenated alkanes) is 1. The molecule has 2 aliphatic carbocycles. The number of fused-ring (bicyclic) bond motifs is 1. The van der Waals surface area contributed by atoms with Crippen LogP contribution in [0.1, 0.15) is 110 Å². The molecule has 0 saturated heterocycles. The Morgan fingerprint density at radius 1 is 1.11 bits per heavy atom. The van der Waals surface area contributed by atoms with E-state index >= 15 is 0 Å². The highest BCUT2D eigenvalue weighted by Gasteiger charge is 2.46. The third kappa shape index (κ3) is 8.09. The fourth-order valence-electron chi connectivity index (χ4n) is 5.26. The minimum Gasteiger partial charge on any atom is -0.508 e. The van der Waals surface area contributed by atoms with Crippen LogP contribution >= 0.6 is 0 Å². The van der Waals surface area contributed by atoms with Crippen molar-refractivity contribution in [3.05, 3.63) is 59.7 Å².